The van der Waals surface area contributed by atoms with Gasteiger partial charge in [0, 0.05) is 0 Å². The van der Waals surface area contributed by atoms with Crippen molar-refractivity contribution in [2.24, 2.45) is 0 Å². The molecule has 0 spiro atoms. The van der Waals surface area contributed by atoms with E-state index in [1.165, 1.54) is 42.1 Å². The van der Waals surface area contributed by atoms with Crippen molar-refractivity contribution in [1.29, 1.82) is 0 Å². The van der Waals surface area contributed by atoms with Crippen molar-refractivity contribution < 1.29 is 17.1 Å². The van der Waals surface area contributed by atoms with Gasteiger partial charge in [0.1, 0.15) is 0 Å². The first kappa shape index (κ1) is 15.1. The van der Waals surface area contributed by atoms with Gasteiger partial charge in [-0.15, -0.1) is 0 Å². The zero-order valence-electron chi connectivity index (χ0n) is 9.66. The van der Waals surface area contributed by atoms with E-state index in [4.69, 9.17) is 0 Å². The van der Waals surface area contributed by atoms with Crippen LogP contribution in [-0.4, -0.2) is 0 Å². The van der Waals surface area contributed by atoms with Gasteiger partial charge < -0.3 is 0 Å². The second-order valence-corrected chi connectivity index (χ2v) is 9.09. The fourth-order valence-corrected chi connectivity index (χ4v) is 2.51. The van der Waals surface area contributed by atoms with Crippen molar-refractivity contribution in [3.63, 3.8) is 0 Å². The van der Waals surface area contributed by atoms with Crippen molar-refractivity contribution >= 4 is 0 Å². The van der Waals surface area contributed by atoms with E-state index in [9.17, 15) is 0 Å². The summed E-state index contributed by atoms with van der Waals surface area (Å²) >= 11 is 0.0972. The van der Waals surface area contributed by atoms with Gasteiger partial charge in [-0.2, -0.15) is 0 Å². The average molecular weight is 224 g/mol. The summed E-state index contributed by atoms with van der Waals surface area (Å²) in [5.41, 5.74) is 0. The van der Waals surface area contributed by atoms with Crippen LogP contribution in [0.1, 0.15) is 59.8 Å². The first-order chi connectivity index (χ1) is 5.83. The predicted molar refractivity (Wildman–Crippen MR) is 55.4 cm³/mol. The van der Waals surface area contributed by atoms with E-state index >= 15 is 0 Å². The molecule has 0 aromatic carbocycles. The van der Waals surface area contributed by atoms with Crippen LogP contribution in [0.15, 0.2) is 0 Å². The molecule has 0 bridgehead atoms. The molecule has 0 amide bonds. The van der Waals surface area contributed by atoms with Crippen LogP contribution in [0.5, 0.6) is 0 Å². The molecule has 0 heterocycles. The molecule has 1 heteroatoms. The van der Waals surface area contributed by atoms with Gasteiger partial charge in [0.05, 0.1) is 0 Å². The van der Waals surface area contributed by atoms with Gasteiger partial charge in [0.2, 0.25) is 0 Å². The van der Waals surface area contributed by atoms with Crippen LogP contribution < -0.4 is 0 Å². The molecule has 0 radical (unpaired) electrons. The SMILES string of the molecule is CCCCCCC.C[CH2][Zn][CH2]C. The molecular formula is C11H26Zn. The summed E-state index contributed by atoms with van der Waals surface area (Å²) in [6.07, 6.45) is 7.01. The van der Waals surface area contributed by atoms with Crippen LogP contribution in [0.4, 0.5) is 0 Å². The summed E-state index contributed by atoms with van der Waals surface area (Å²) in [7, 11) is 0. The van der Waals surface area contributed by atoms with E-state index in [-0.39, 0.29) is 17.1 Å². The van der Waals surface area contributed by atoms with Crippen molar-refractivity contribution in [1.82, 2.24) is 0 Å². The minimum absolute atomic E-state index is 0.0972. The van der Waals surface area contributed by atoms with E-state index in [0.29, 0.717) is 0 Å². The summed E-state index contributed by atoms with van der Waals surface area (Å²) in [5.74, 6) is 0. The molecule has 72 valence electrons. The van der Waals surface area contributed by atoms with E-state index in [1.54, 1.807) is 0 Å². The standard InChI is InChI=1S/C7H16.2C2H5.Zn/c1-3-5-7-6-4-2;2*1-2;/h3-7H2,1-2H3;2*1H2,2H3;. The average Bonchev–Trinajstić information content (AvgIpc) is 2.08. The normalized spacial score (nSPS) is 8.33. The molecular weight excluding hydrogens is 198 g/mol. The Bertz CT molecular complexity index is 47.0. The van der Waals surface area contributed by atoms with E-state index in [2.05, 4.69) is 27.7 Å². The van der Waals surface area contributed by atoms with Gasteiger partial charge in [-0.05, 0) is 0 Å². The molecule has 0 atom stereocenters. The van der Waals surface area contributed by atoms with Crippen molar-refractivity contribution in [3.8, 4) is 0 Å². The van der Waals surface area contributed by atoms with Crippen LogP contribution in [0.3, 0.4) is 0 Å². The Balaban J connectivity index is 0. The van der Waals surface area contributed by atoms with Gasteiger partial charge in [0.15, 0.2) is 0 Å². The molecule has 0 saturated carbocycles. The monoisotopic (exact) mass is 222 g/mol. The van der Waals surface area contributed by atoms with Gasteiger partial charge in [-0.25, -0.2) is 0 Å². The fraction of sp³-hybridized carbons (Fsp3) is 1.00. The van der Waals surface area contributed by atoms with Crippen LogP contribution in [0.25, 0.3) is 0 Å². The van der Waals surface area contributed by atoms with Crippen LogP contribution in [0, 0.1) is 0 Å². The van der Waals surface area contributed by atoms with Crippen LogP contribution >= 0.6 is 0 Å². The Morgan fingerprint density at radius 3 is 1.25 bits per heavy atom. The first-order valence-corrected chi connectivity index (χ1v) is 10.0. The van der Waals surface area contributed by atoms with E-state index in [1.807, 2.05) is 0 Å². The molecule has 0 aromatic heterocycles. The zero-order valence-corrected chi connectivity index (χ0v) is 12.6. The van der Waals surface area contributed by atoms with Gasteiger partial charge in [-0.1, -0.05) is 46.0 Å². The maximum atomic E-state index is 2.30. The third-order valence-electron chi connectivity index (χ3n) is 1.91. The number of rotatable bonds is 6. The topological polar surface area (TPSA) is 0 Å². The molecule has 0 saturated heterocycles. The fourth-order valence-electron chi connectivity index (χ4n) is 1.03. The van der Waals surface area contributed by atoms with Crippen LogP contribution in [-0.2, 0) is 17.1 Å². The quantitative estimate of drug-likeness (QED) is 0.443. The molecule has 0 fully saturated rings. The van der Waals surface area contributed by atoms with Gasteiger partial charge >= 0.3 is 41.0 Å². The molecule has 0 aliphatic heterocycles. The third-order valence-corrected chi connectivity index (χ3v) is 4.88. The Labute approximate surface area is 87.1 Å². The number of hydrogen-bond acceptors (Lipinski definition) is 0. The number of unbranched alkanes of at least 4 members (excludes halogenated alkanes) is 4. The summed E-state index contributed by atoms with van der Waals surface area (Å²) in [6.45, 7) is 9.08. The minimum atomic E-state index is 0.0972. The summed E-state index contributed by atoms with van der Waals surface area (Å²) < 4.78 is 0. The molecule has 0 aromatic rings. The maximum absolute atomic E-state index is 2.30. The molecule has 12 heavy (non-hydrogen) atoms. The Morgan fingerprint density at radius 2 is 1.08 bits per heavy atom. The van der Waals surface area contributed by atoms with Crippen molar-refractivity contribution in [3.05, 3.63) is 0 Å². The van der Waals surface area contributed by atoms with Crippen molar-refractivity contribution in [2.75, 3.05) is 0 Å². The van der Waals surface area contributed by atoms with Crippen molar-refractivity contribution in [2.45, 2.75) is 69.8 Å². The van der Waals surface area contributed by atoms with E-state index < -0.39 is 0 Å². The molecule has 0 unspecified atom stereocenters. The third kappa shape index (κ3) is 22.4. The molecule has 0 N–H and O–H groups in total. The molecule has 0 aliphatic carbocycles. The zero-order chi connectivity index (χ0) is 9.66. The predicted octanol–water partition coefficient (Wildman–Crippen LogP) is 4.92. The summed E-state index contributed by atoms with van der Waals surface area (Å²) in [4.78, 5) is 0. The first-order valence-electron chi connectivity index (χ1n) is 5.83. The summed E-state index contributed by atoms with van der Waals surface area (Å²) in [5, 5.41) is 3.06. The molecule has 0 aliphatic rings. The van der Waals surface area contributed by atoms with Gasteiger partial charge in [-0.3, -0.25) is 0 Å². The summed E-state index contributed by atoms with van der Waals surface area (Å²) in [6, 6.07) is 0. The second kappa shape index (κ2) is 17.6. The van der Waals surface area contributed by atoms with Gasteiger partial charge in [0.25, 0.3) is 0 Å². The second-order valence-electron chi connectivity index (χ2n) is 3.41. The van der Waals surface area contributed by atoms with Crippen LogP contribution in [0.2, 0.25) is 10.0 Å². The Morgan fingerprint density at radius 1 is 0.667 bits per heavy atom. The Kier molecular flexibility index (Phi) is 22.2. The number of hydrogen-bond donors (Lipinski definition) is 0. The van der Waals surface area contributed by atoms with E-state index in [0.717, 1.165) is 0 Å². The molecule has 0 rings (SSSR count). The molecule has 0 nitrogen and oxygen atoms in total. The Hall–Kier alpha value is 0.623.